The van der Waals surface area contributed by atoms with E-state index in [-0.39, 0.29) is 5.82 Å². The summed E-state index contributed by atoms with van der Waals surface area (Å²) >= 11 is 0. The number of hydrogen-bond donors (Lipinski definition) is 1. The van der Waals surface area contributed by atoms with E-state index in [1.807, 2.05) is 12.3 Å². The van der Waals surface area contributed by atoms with Crippen LogP contribution in [0.25, 0.3) is 11.5 Å². The van der Waals surface area contributed by atoms with Gasteiger partial charge in [0.15, 0.2) is 5.82 Å². The number of aryl methyl sites for hydroxylation is 3. The van der Waals surface area contributed by atoms with Gasteiger partial charge in [-0.2, -0.15) is 5.10 Å². The molecule has 0 bridgehead atoms. The van der Waals surface area contributed by atoms with E-state index in [0.29, 0.717) is 11.8 Å². The van der Waals surface area contributed by atoms with Gasteiger partial charge in [0.2, 0.25) is 11.7 Å². The summed E-state index contributed by atoms with van der Waals surface area (Å²) < 4.78 is 7.35. The molecular formula is C22H26N6O2. The summed E-state index contributed by atoms with van der Waals surface area (Å²) in [5.74, 6) is 3.51. The van der Waals surface area contributed by atoms with Gasteiger partial charge in [-0.15, -0.1) is 0 Å². The zero-order chi connectivity index (χ0) is 20.7. The minimum atomic E-state index is -0.517. The molecule has 0 spiro atoms. The van der Waals surface area contributed by atoms with Gasteiger partial charge in [-0.1, -0.05) is 0 Å². The monoisotopic (exact) mass is 406 g/mol. The molecule has 8 heteroatoms. The van der Waals surface area contributed by atoms with Crippen LogP contribution >= 0.6 is 0 Å². The Balaban J connectivity index is 0.000000140. The molecule has 8 nitrogen and oxygen atoms in total. The minimum absolute atomic E-state index is 0.247. The van der Waals surface area contributed by atoms with Crippen LogP contribution in [-0.2, 0) is 19.9 Å². The molecule has 0 radical (unpaired) electrons. The van der Waals surface area contributed by atoms with Crippen LogP contribution in [0.1, 0.15) is 84.0 Å². The third kappa shape index (κ3) is 3.99. The van der Waals surface area contributed by atoms with Crippen LogP contribution in [0, 0.1) is 0 Å². The molecular weight excluding hydrogens is 380 g/mol. The molecule has 6 rings (SSSR count). The third-order valence-corrected chi connectivity index (χ3v) is 5.81. The average Bonchev–Trinajstić information content (AvgIpc) is 3.68. The number of oxazole rings is 1. The van der Waals surface area contributed by atoms with Crippen LogP contribution in [-0.4, -0.2) is 30.6 Å². The number of pyridine rings is 1. The molecule has 2 N–H and O–H groups in total. The average molecular weight is 406 g/mol. The number of fused-ring (bicyclic) bond motifs is 1. The van der Waals surface area contributed by atoms with Crippen LogP contribution in [0.3, 0.4) is 0 Å². The van der Waals surface area contributed by atoms with Crippen LogP contribution < -0.4 is 5.73 Å². The van der Waals surface area contributed by atoms with Gasteiger partial charge in [-0.25, -0.2) is 14.6 Å². The van der Waals surface area contributed by atoms with Gasteiger partial charge in [-0.05, 0) is 57.1 Å². The quantitative estimate of drug-likeness (QED) is 0.711. The summed E-state index contributed by atoms with van der Waals surface area (Å²) in [4.78, 5) is 23.9. The lowest BCUT2D eigenvalue weighted by Crippen LogP contribution is -2.16. The molecule has 3 aliphatic carbocycles. The largest absolute Gasteiger partial charge is 0.441 e. The summed E-state index contributed by atoms with van der Waals surface area (Å²) in [5, 5.41) is 4.10. The number of carbonyl (C=O) groups excluding carboxylic acids is 1. The maximum Gasteiger partial charge on any atom is 0.286 e. The second-order valence-electron chi connectivity index (χ2n) is 8.40. The van der Waals surface area contributed by atoms with Gasteiger partial charge < -0.3 is 10.2 Å². The summed E-state index contributed by atoms with van der Waals surface area (Å²) in [7, 11) is 1.68. The van der Waals surface area contributed by atoms with Gasteiger partial charge in [0, 0.05) is 42.8 Å². The number of carbonyl (C=O) groups is 1. The molecule has 3 aliphatic rings. The van der Waals surface area contributed by atoms with Crippen molar-refractivity contribution in [2.24, 2.45) is 12.8 Å². The van der Waals surface area contributed by atoms with Gasteiger partial charge in [0.1, 0.15) is 5.76 Å². The molecule has 1 amide bonds. The number of rotatable bonds is 4. The molecule has 30 heavy (non-hydrogen) atoms. The van der Waals surface area contributed by atoms with Crippen molar-refractivity contribution >= 4 is 5.91 Å². The third-order valence-electron chi connectivity index (χ3n) is 5.81. The van der Waals surface area contributed by atoms with Crippen molar-refractivity contribution in [2.45, 2.75) is 63.2 Å². The Morgan fingerprint density at radius 3 is 2.57 bits per heavy atom. The molecule has 2 fully saturated rings. The fraction of sp³-hybridized carbons (Fsp3) is 0.500. The number of nitrogens with two attached hydrogens (primary N) is 1. The highest BCUT2D eigenvalue weighted by atomic mass is 16.4. The lowest BCUT2D eigenvalue weighted by molar-refractivity contribution is 0.0986. The van der Waals surface area contributed by atoms with Crippen molar-refractivity contribution in [3.8, 4) is 11.5 Å². The Kier molecular flexibility index (Phi) is 4.84. The van der Waals surface area contributed by atoms with Crippen molar-refractivity contribution < 1.29 is 9.21 Å². The number of amides is 1. The van der Waals surface area contributed by atoms with Crippen molar-refractivity contribution in [3.05, 3.63) is 47.1 Å². The van der Waals surface area contributed by atoms with Gasteiger partial charge in [-0.3, -0.25) is 9.78 Å². The number of aromatic nitrogens is 5. The SMILES string of the molecule is Cn1nc(C2CC2)nc1C(N)=O.c1cc(-c2nc3c(o2)CCCC3)cc(C2CC2)n1. The highest BCUT2D eigenvalue weighted by molar-refractivity contribution is 5.89. The number of nitrogens with zero attached hydrogens (tertiary/aromatic N) is 5. The van der Waals surface area contributed by atoms with E-state index < -0.39 is 5.91 Å². The molecule has 2 saturated carbocycles. The Bertz CT molecular complexity index is 1050. The highest BCUT2D eigenvalue weighted by Gasteiger charge is 2.29. The number of hydrogen-bond acceptors (Lipinski definition) is 6. The summed E-state index contributed by atoms with van der Waals surface area (Å²) in [5.41, 5.74) is 8.54. The van der Waals surface area contributed by atoms with Crippen LogP contribution in [0.2, 0.25) is 0 Å². The van der Waals surface area contributed by atoms with Crippen molar-refractivity contribution in [1.29, 1.82) is 0 Å². The second-order valence-corrected chi connectivity index (χ2v) is 8.40. The summed E-state index contributed by atoms with van der Waals surface area (Å²) in [6.45, 7) is 0. The van der Waals surface area contributed by atoms with E-state index in [0.717, 1.165) is 48.7 Å². The summed E-state index contributed by atoms with van der Waals surface area (Å²) in [6.07, 6.45) is 11.3. The van der Waals surface area contributed by atoms with Crippen LogP contribution in [0.5, 0.6) is 0 Å². The highest BCUT2D eigenvalue weighted by Crippen LogP contribution is 2.40. The zero-order valence-corrected chi connectivity index (χ0v) is 17.2. The van der Waals surface area contributed by atoms with Crippen molar-refractivity contribution in [1.82, 2.24) is 24.7 Å². The molecule has 156 valence electrons. The molecule has 3 aromatic heterocycles. The first-order valence-electron chi connectivity index (χ1n) is 10.7. The lowest BCUT2D eigenvalue weighted by Gasteiger charge is -2.05. The predicted octanol–water partition coefficient (Wildman–Crippen LogP) is 3.28. The topological polar surface area (TPSA) is 113 Å². The van der Waals surface area contributed by atoms with Crippen molar-refractivity contribution in [2.75, 3.05) is 0 Å². The van der Waals surface area contributed by atoms with Gasteiger partial charge in [0.25, 0.3) is 5.91 Å². The summed E-state index contributed by atoms with van der Waals surface area (Å²) in [6, 6.07) is 4.15. The maximum absolute atomic E-state index is 10.8. The molecule has 0 saturated heterocycles. The fourth-order valence-corrected chi connectivity index (χ4v) is 3.79. The standard InChI is InChI=1S/C15H16N2O.C7H10N4O/c1-2-4-14-12(3-1)17-15(18-14)11-7-8-16-13(9-11)10-5-6-10;1-11-7(5(8)12)9-6(10-11)4-2-3-4/h7-10H,1-6H2;4H,2-3H2,1H3,(H2,8,12). The number of primary amides is 1. The Labute approximate surface area is 174 Å². The zero-order valence-electron chi connectivity index (χ0n) is 17.2. The van der Waals surface area contributed by atoms with E-state index in [1.165, 1.54) is 41.8 Å². The molecule has 0 aromatic carbocycles. The molecule has 0 aliphatic heterocycles. The Hall–Kier alpha value is -3.03. The molecule has 3 aromatic rings. The minimum Gasteiger partial charge on any atom is -0.441 e. The predicted molar refractivity (Wildman–Crippen MR) is 110 cm³/mol. The van der Waals surface area contributed by atoms with Crippen molar-refractivity contribution in [3.63, 3.8) is 0 Å². The normalized spacial score (nSPS) is 17.8. The van der Waals surface area contributed by atoms with Crippen LogP contribution in [0.4, 0.5) is 0 Å². The first kappa shape index (κ1) is 19.0. The smallest absolute Gasteiger partial charge is 0.286 e. The first-order valence-corrected chi connectivity index (χ1v) is 10.7. The van der Waals surface area contributed by atoms with E-state index >= 15 is 0 Å². The Morgan fingerprint density at radius 1 is 1.13 bits per heavy atom. The van der Waals surface area contributed by atoms with E-state index in [4.69, 9.17) is 10.2 Å². The molecule has 0 atom stereocenters. The van der Waals surface area contributed by atoms with E-state index in [2.05, 4.69) is 26.1 Å². The Morgan fingerprint density at radius 2 is 1.90 bits per heavy atom. The van der Waals surface area contributed by atoms with Gasteiger partial charge >= 0.3 is 0 Å². The molecule has 0 unspecified atom stereocenters. The second kappa shape index (κ2) is 7.66. The lowest BCUT2D eigenvalue weighted by atomic mass is 10.0. The maximum atomic E-state index is 10.8. The molecule has 3 heterocycles. The van der Waals surface area contributed by atoms with E-state index in [9.17, 15) is 4.79 Å². The van der Waals surface area contributed by atoms with Gasteiger partial charge in [0.05, 0.1) is 5.69 Å². The van der Waals surface area contributed by atoms with E-state index in [1.54, 1.807) is 7.05 Å². The first-order chi connectivity index (χ1) is 14.6. The van der Waals surface area contributed by atoms with Crippen LogP contribution in [0.15, 0.2) is 22.7 Å². The fourth-order valence-electron chi connectivity index (χ4n) is 3.79.